The maximum absolute atomic E-state index is 11.1. The van der Waals surface area contributed by atoms with Crippen LogP contribution in [0.1, 0.15) is 22.3 Å². The highest BCUT2D eigenvalue weighted by Crippen LogP contribution is 2.33. The molecule has 0 unspecified atom stereocenters. The molecule has 5 N–H and O–H groups in total. The van der Waals surface area contributed by atoms with E-state index in [-0.39, 0.29) is 16.7 Å². The number of carboxylic acid groups (broad SMARTS) is 2. The first-order valence-corrected chi connectivity index (χ1v) is 6.13. The van der Waals surface area contributed by atoms with Gasteiger partial charge in [-0.05, 0) is 29.3 Å². The summed E-state index contributed by atoms with van der Waals surface area (Å²) in [5.41, 5.74) is -2.17. The Balaban J connectivity index is 2.54. The van der Waals surface area contributed by atoms with Gasteiger partial charge in [0.25, 0.3) is 0 Å². The van der Waals surface area contributed by atoms with Crippen molar-refractivity contribution < 1.29 is 35.1 Å². The van der Waals surface area contributed by atoms with Crippen LogP contribution in [0.2, 0.25) is 0 Å². The zero-order chi connectivity index (χ0) is 15.8. The van der Waals surface area contributed by atoms with Crippen LogP contribution in [0.15, 0.2) is 30.3 Å². The molecule has 0 bridgehead atoms. The van der Waals surface area contributed by atoms with Crippen molar-refractivity contribution in [1.82, 2.24) is 0 Å². The van der Waals surface area contributed by atoms with E-state index in [1.807, 2.05) is 0 Å². The molecule has 0 radical (unpaired) electrons. The maximum Gasteiger partial charge on any atom is 0.339 e. The average Bonchev–Trinajstić information content (AvgIpc) is 2.43. The molecule has 3 atom stereocenters. The van der Waals surface area contributed by atoms with Gasteiger partial charge in [0.2, 0.25) is 0 Å². The minimum Gasteiger partial charge on any atom is -0.479 e. The second-order valence-corrected chi connectivity index (χ2v) is 4.93. The van der Waals surface area contributed by atoms with Crippen molar-refractivity contribution in [1.29, 1.82) is 0 Å². The van der Waals surface area contributed by atoms with Crippen molar-refractivity contribution in [3.8, 4) is 0 Å². The highest BCUT2D eigenvalue weighted by atomic mass is 16.4. The van der Waals surface area contributed by atoms with E-state index in [2.05, 4.69) is 0 Å². The van der Waals surface area contributed by atoms with Crippen LogP contribution in [0.5, 0.6) is 0 Å². The zero-order valence-corrected chi connectivity index (χ0v) is 10.8. The van der Waals surface area contributed by atoms with Crippen molar-refractivity contribution in [3.05, 3.63) is 41.5 Å². The molecular weight excluding hydrogens is 280 g/mol. The zero-order valence-electron chi connectivity index (χ0n) is 10.8. The summed E-state index contributed by atoms with van der Waals surface area (Å²) in [6, 6.07) is 5.45. The molecule has 1 aromatic carbocycles. The third-order valence-electron chi connectivity index (χ3n) is 3.41. The summed E-state index contributed by atoms with van der Waals surface area (Å²) in [4.78, 5) is 22.0. The highest BCUT2D eigenvalue weighted by molar-refractivity contribution is 5.90. The molecular formula is C14H14O7. The maximum atomic E-state index is 11.1. The predicted molar refractivity (Wildman–Crippen MR) is 70.6 cm³/mol. The Bertz CT molecular complexity index is 622. The third-order valence-corrected chi connectivity index (χ3v) is 3.41. The molecule has 7 heteroatoms. The molecule has 0 saturated carbocycles. The molecule has 112 valence electrons. The number of hydrogen-bond acceptors (Lipinski definition) is 5. The number of carbonyl (C=O) groups is 2. The Morgan fingerprint density at radius 3 is 2.43 bits per heavy atom. The Morgan fingerprint density at radius 2 is 1.86 bits per heavy atom. The van der Waals surface area contributed by atoms with E-state index in [4.69, 9.17) is 10.2 Å². The molecule has 1 aliphatic carbocycles. The molecule has 0 aliphatic heterocycles. The molecule has 0 saturated heterocycles. The average molecular weight is 294 g/mol. The van der Waals surface area contributed by atoms with Crippen molar-refractivity contribution in [2.24, 2.45) is 0 Å². The molecule has 2 rings (SSSR count). The van der Waals surface area contributed by atoms with Gasteiger partial charge in [-0.2, -0.15) is 0 Å². The monoisotopic (exact) mass is 294 g/mol. The summed E-state index contributed by atoms with van der Waals surface area (Å²) >= 11 is 0. The van der Waals surface area contributed by atoms with E-state index in [0.717, 1.165) is 6.08 Å². The molecule has 1 aromatic rings. The first-order valence-electron chi connectivity index (χ1n) is 6.13. The van der Waals surface area contributed by atoms with Gasteiger partial charge in [-0.1, -0.05) is 12.1 Å². The number of aliphatic hydroxyl groups is 3. The fourth-order valence-electron chi connectivity index (χ4n) is 2.27. The molecule has 7 nitrogen and oxygen atoms in total. The fourth-order valence-corrected chi connectivity index (χ4v) is 2.27. The highest BCUT2D eigenvalue weighted by Gasteiger charge is 2.43. The Labute approximate surface area is 119 Å². The fraction of sp³-hybridized carbons (Fsp3) is 0.286. The van der Waals surface area contributed by atoms with Crippen LogP contribution >= 0.6 is 0 Å². The Kier molecular flexibility index (Phi) is 3.82. The van der Waals surface area contributed by atoms with Crippen LogP contribution < -0.4 is 0 Å². The first-order chi connectivity index (χ1) is 9.74. The SMILES string of the molecule is O=C(O)c1cccc(C2=C[C@@](O)(C(=O)O)C[C@@H](O)[C@@H]2O)c1. The normalized spacial score (nSPS) is 28.8. The van der Waals surface area contributed by atoms with Crippen molar-refractivity contribution in [3.63, 3.8) is 0 Å². The van der Waals surface area contributed by atoms with Gasteiger partial charge in [0.05, 0.1) is 11.7 Å². The lowest BCUT2D eigenvalue weighted by Crippen LogP contribution is -2.47. The van der Waals surface area contributed by atoms with Gasteiger partial charge in [-0.25, -0.2) is 9.59 Å². The summed E-state index contributed by atoms with van der Waals surface area (Å²) < 4.78 is 0. The van der Waals surface area contributed by atoms with E-state index < -0.39 is 36.2 Å². The van der Waals surface area contributed by atoms with Gasteiger partial charge < -0.3 is 25.5 Å². The Hall–Kier alpha value is -2.22. The molecule has 0 heterocycles. The van der Waals surface area contributed by atoms with Gasteiger partial charge in [0.15, 0.2) is 5.60 Å². The second-order valence-electron chi connectivity index (χ2n) is 4.93. The molecule has 0 spiro atoms. The smallest absolute Gasteiger partial charge is 0.339 e. The lowest BCUT2D eigenvalue weighted by Gasteiger charge is -2.33. The number of rotatable bonds is 3. The van der Waals surface area contributed by atoms with Crippen molar-refractivity contribution >= 4 is 17.5 Å². The first kappa shape index (κ1) is 15.2. The minimum atomic E-state index is -2.31. The molecule has 0 aromatic heterocycles. The van der Waals surface area contributed by atoms with Gasteiger partial charge in [0.1, 0.15) is 6.10 Å². The number of carboxylic acids is 2. The van der Waals surface area contributed by atoms with E-state index >= 15 is 0 Å². The van der Waals surface area contributed by atoms with Gasteiger partial charge >= 0.3 is 11.9 Å². The molecule has 0 fully saturated rings. The quantitative estimate of drug-likeness (QED) is 0.517. The number of aromatic carboxylic acids is 1. The van der Waals surface area contributed by atoms with E-state index in [1.54, 1.807) is 0 Å². The lowest BCUT2D eigenvalue weighted by molar-refractivity contribution is -0.157. The van der Waals surface area contributed by atoms with Gasteiger partial charge in [-0.15, -0.1) is 0 Å². The van der Waals surface area contributed by atoms with Crippen LogP contribution in [-0.4, -0.2) is 55.3 Å². The lowest BCUT2D eigenvalue weighted by atomic mass is 9.80. The van der Waals surface area contributed by atoms with Crippen LogP contribution in [0.4, 0.5) is 0 Å². The van der Waals surface area contributed by atoms with Crippen LogP contribution in [-0.2, 0) is 4.79 Å². The standard InChI is InChI=1S/C14H14O7/c15-10-6-14(21,13(19)20)5-9(11(10)16)7-2-1-3-8(4-7)12(17)18/h1-5,10-11,15-16,21H,6H2,(H,17,18)(H,19,20)/t10-,11-,14+/m1/s1. The second kappa shape index (κ2) is 5.28. The van der Waals surface area contributed by atoms with Crippen LogP contribution in [0.25, 0.3) is 5.57 Å². The van der Waals surface area contributed by atoms with E-state index in [1.165, 1.54) is 24.3 Å². The van der Waals surface area contributed by atoms with Gasteiger partial charge in [-0.3, -0.25) is 0 Å². The van der Waals surface area contributed by atoms with Crippen LogP contribution in [0.3, 0.4) is 0 Å². The summed E-state index contributed by atoms with van der Waals surface area (Å²) in [6.07, 6.45) is -2.49. The predicted octanol–water partition coefficient (Wildman–Crippen LogP) is -0.291. The number of aliphatic hydroxyl groups excluding tert-OH is 2. The Morgan fingerprint density at radius 1 is 1.19 bits per heavy atom. The summed E-state index contributed by atoms with van der Waals surface area (Å²) in [7, 11) is 0. The number of hydrogen-bond donors (Lipinski definition) is 5. The molecule has 21 heavy (non-hydrogen) atoms. The van der Waals surface area contributed by atoms with Crippen molar-refractivity contribution in [2.45, 2.75) is 24.2 Å². The topological polar surface area (TPSA) is 135 Å². The van der Waals surface area contributed by atoms with Crippen LogP contribution in [0, 0.1) is 0 Å². The third kappa shape index (κ3) is 2.80. The van der Waals surface area contributed by atoms with Crippen molar-refractivity contribution in [2.75, 3.05) is 0 Å². The largest absolute Gasteiger partial charge is 0.479 e. The van der Waals surface area contributed by atoms with E-state index in [9.17, 15) is 24.9 Å². The minimum absolute atomic E-state index is 0.0262. The van der Waals surface area contributed by atoms with Gasteiger partial charge in [0, 0.05) is 6.42 Å². The molecule has 0 amide bonds. The summed E-state index contributed by atoms with van der Waals surface area (Å²) in [6.45, 7) is 0. The summed E-state index contributed by atoms with van der Waals surface area (Å²) in [5.74, 6) is -2.74. The number of benzene rings is 1. The molecule has 1 aliphatic rings. The number of aliphatic carboxylic acids is 1. The summed E-state index contributed by atoms with van der Waals surface area (Å²) in [5, 5.41) is 47.7. The van der Waals surface area contributed by atoms with E-state index in [0.29, 0.717) is 0 Å².